The molecule has 8 heteroatoms. The van der Waals surface area contributed by atoms with Gasteiger partial charge in [-0.1, -0.05) is 11.8 Å². The Bertz CT molecular complexity index is 954. The van der Waals surface area contributed by atoms with Crippen LogP contribution in [-0.4, -0.2) is 33.1 Å². The standard InChI is InChI=1S/C18H21IN6S/c1-21-6-3-7-25-17-15(16(20)22-10-23-17)24-18(25)26-14-9-12-5-2-4-11(12)8-13(14)19/h8-10,21H,2-7H2,1H3,(H2,20,22,23). The second-order valence-electron chi connectivity index (χ2n) is 6.44. The third-order valence-electron chi connectivity index (χ3n) is 4.68. The van der Waals surface area contributed by atoms with Gasteiger partial charge >= 0.3 is 0 Å². The molecule has 0 amide bonds. The number of nitrogens with one attached hydrogen (secondary N) is 1. The first kappa shape index (κ1) is 18.0. The lowest BCUT2D eigenvalue weighted by atomic mass is 10.1. The summed E-state index contributed by atoms with van der Waals surface area (Å²) in [5.41, 5.74) is 10.5. The summed E-state index contributed by atoms with van der Waals surface area (Å²) in [6.07, 6.45) is 6.15. The van der Waals surface area contributed by atoms with Gasteiger partial charge < -0.3 is 15.6 Å². The molecular weight excluding hydrogens is 459 g/mol. The molecular formula is C18H21IN6S. The Morgan fingerprint density at radius 3 is 2.88 bits per heavy atom. The number of aryl methyl sites for hydroxylation is 3. The van der Waals surface area contributed by atoms with Gasteiger partial charge in [0.1, 0.15) is 6.33 Å². The highest BCUT2D eigenvalue weighted by molar-refractivity contribution is 14.1. The fourth-order valence-corrected chi connectivity index (χ4v) is 5.22. The summed E-state index contributed by atoms with van der Waals surface area (Å²) >= 11 is 4.13. The maximum absolute atomic E-state index is 6.04. The van der Waals surface area contributed by atoms with Crippen LogP contribution in [0.4, 0.5) is 5.82 Å². The first-order valence-corrected chi connectivity index (χ1v) is 10.7. The predicted octanol–water partition coefficient (Wildman–Crippen LogP) is 3.26. The average Bonchev–Trinajstić information content (AvgIpc) is 3.21. The van der Waals surface area contributed by atoms with Crippen molar-refractivity contribution in [1.29, 1.82) is 0 Å². The number of nitrogens with two attached hydrogens (primary N) is 1. The molecule has 1 aromatic carbocycles. The number of rotatable bonds is 6. The van der Waals surface area contributed by atoms with Crippen molar-refractivity contribution in [2.45, 2.75) is 42.3 Å². The fourth-order valence-electron chi connectivity index (χ4n) is 3.38. The highest BCUT2D eigenvalue weighted by atomic mass is 127. The van der Waals surface area contributed by atoms with Crippen LogP contribution in [0.25, 0.3) is 11.2 Å². The molecule has 0 atom stereocenters. The summed E-state index contributed by atoms with van der Waals surface area (Å²) in [5.74, 6) is 0.438. The van der Waals surface area contributed by atoms with E-state index < -0.39 is 0 Å². The van der Waals surface area contributed by atoms with E-state index in [9.17, 15) is 0 Å². The van der Waals surface area contributed by atoms with Gasteiger partial charge in [-0.05, 0) is 85.1 Å². The van der Waals surface area contributed by atoms with Gasteiger partial charge in [-0.3, -0.25) is 0 Å². The van der Waals surface area contributed by atoms with E-state index in [0.29, 0.717) is 11.3 Å². The van der Waals surface area contributed by atoms with Crippen LogP contribution in [0.2, 0.25) is 0 Å². The molecule has 2 aromatic heterocycles. The number of anilines is 1. The highest BCUT2D eigenvalue weighted by Crippen LogP contribution is 2.37. The van der Waals surface area contributed by atoms with E-state index in [1.54, 1.807) is 11.8 Å². The predicted molar refractivity (Wildman–Crippen MR) is 114 cm³/mol. The van der Waals surface area contributed by atoms with Gasteiger partial charge in [-0.15, -0.1) is 0 Å². The summed E-state index contributed by atoms with van der Waals surface area (Å²) in [5, 5.41) is 4.13. The molecule has 3 aromatic rings. The van der Waals surface area contributed by atoms with Crippen molar-refractivity contribution in [3.63, 3.8) is 0 Å². The summed E-state index contributed by atoms with van der Waals surface area (Å²) < 4.78 is 3.44. The molecule has 0 radical (unpaired) electrons. The summed E-state index contributed by atoms with van der Waals surface area (Å²) in [4.78, 5) is 14.6. The van der Waals surface area contributed by atoms with E-state index in [2.05, 4.69) is 54.6 Å². The average molecular weight is 480 g/mol. The first-order valence-electron chi connectivity index (χ1n) is 8.78. The quantitative estimate of drug-likeness (QED) is 0.417. The fraction of sp³-hybridized carbons (Fsp3) is 0.389. The normalized spacial score (nSPS) is 13.5. The maximum Gasteiger partial charge on any atom is 0.175 e. The SMILES string of the molecule is CNCCCn1c(Sc2cc3c(cc2I)CCC3)nc2c(N)ncnc21. The molecule has 0 spiro atoms. The zero-order valence-corrected chi connectivity index (χ0v) is 17.6. The van der Waals surface area contributed by atoms with E-state index in [4.69, 9.17) is 10.7 Å². The van der Waals surface area contributed by atoms with Gasteiger partial charge in [-0.25, -0.2) is 15.0 Å². The number of aromatic nitrogens is 4. The maximum atomic E-state index is 6.04. The topological polar surface area (TPSA) is 81.7 Å². The molecule has 6 nitrogen and oxygen atoms in total. The number of nitrogen functional groups attached to an aromatic ring is 1. The lowest BCUT2D eigenvalue weighted by Gasteiger charge is -2.10. The molecule has 2 heterocycles. The Labute approximate surface area is 170 Å². The van der Waals surface area contributed by atoms with E-state index in [0.717, 1.165) is 30.3 Å². The van der Waals surface area contributed by atoms with Crippen molar-refractivity contribution in [1.82, 2.24) is 24.8 Å². The van der Waals surface area contributed by atoms with Crippen molar-refractivity contribution in [2.24, 2.45) is 0 Å². The van der Waals surface area contributed by atoms with Gasteiger partial charge in [-0.2, -0.15) is 0 Å². The van der Waals surface area contributed by atoms with Crippen molar-refractivity contribution in [3.05, 3.63) is 33.2 Å². The number of halogens is 1. The third-order valence-corrected chi connectivity index (χ3v) is 6.99. The number of hydrogen-bond donors (Lipinski definition) is 2. The Morgan fingerprint density at radius 1 is 1.27 bits per heavy atom. The summed E-state index contributed by atoms with van der Waals surface area (Å²) in [6.45, 7) is 1.79. The van der Waals surface area contributed by atoms with Gasteiger partial charge in [0.25, 0.3) is 0 Å². The lowest BCUT2D eigenvalue weighted by Crippen LogP contribution is -2.11. The number of imidazole rings is 1. The Kier molecular flexibility index (Phi) is 5.32. The molecule has 26 heavy (non-hydrogen) atoms. The largest absolute Gasteiger partial charge is 0.382 e. The smallest absolute Gasteiger partial charge is 0.175 e. The van der Waals surface area contributed by atoms with Crippen LogP contribution in [0.5, 0.6) is 0 Å². The summed E-state index contributed by atoms with van der Waals surface area (Å²) in [7, 11) is 1.97. The molecule has 136 valence electrons. The Hall–Kier alpha value is -1.39. The number of benzene rings is 1. The minimum Gasteiger partial charge on any atom is -0.382 e. The molecule has 0 saturated heterocycles. The lowest BCUT2D eigenvalue weighted by molar-refractivity contribution is 0.585. The van der Waals surface area contributed by atoms with Crippen molar-refractivity contribution >= 4 is 51.3 Å². The minimum absolute atomic E-state index is 0.438. The van der Waals surface area contributed by atoms with Crippen molar-refractivity contribution in [2.75, 3.05) is 19.3 Å². The van der Waals surface area contributed by atoms with E-state index in [1.165, 1.54) is 45.2 Å². The number of fused-ring (bicyclic) bond motifs is 2. The monoisotopic (exact) mass is 480 g/mol. The molecule has 1 aliphatic rings. The van der Waals surface area contributed by atoms with E-state index >= 15 is 0 Å². The summed E-state index contributed by atoms with van der Waals surface area (Å²) in [6, 6.07) is 4.66. The van der Waals surface area contributed by atoms with E-state index in [-0.39, 0.29) is 0 Å². The molecule has 0 aliphatic heterocycles. The molecule has 0 fully saturated rings. The molecule has 4 rings (SSSR count). The molecule has 0 unspecified atom stereocenters. The second-order valence-corrected chi connectivity index (χ2v) is 8.61. The van der Waals surface area contributed by atoms with Crippen LogP contribution in [0.1, 0.15) is 24.0 Å². The third kappa shape index (κ3) is 3.41. The van der Waals surface area contributed by atoms with Crippen LogP contribution in [0.3, 0.4) is 0 Å². The second kappa shape index (κ2) is 7.69. The zero-order chi connectivity index (χ0) is 18.1. The van der Waals surface area contributed by atoms with Gasteiger partial charge in [0.05, 0.1) is 0 Å². The molecule has 0 saturated carbocycles. The zero-order valence-electron chi connectivity index (χ0n) is 14.6. The van der Waals surface area contributed by atoms with Gasteiger partial charge in [0.15, 0.2) is 22.1 Å². The highest BCUT2D eigenvalue weighted by Gasteiger charge is 2.19. The van der Waals surface area contributed by atoms with E-state index in [1.807, 2.05) is 7.05 Å². The van der Waals surface area contributed by atoms with Crippen LogP contribution in [0, 0.1) is 3.57 Å². The van der Waals surface area contributed by atoms with Crippen molar-refractivity contribution < 1.29 is 0 Å². The Morgan fingerprint density at radius 2 is 2.08 bits per heavy atom. The Balaban J connectivity index is 1.73. The van der Waals surface area contributed by atoms with Gasteiger partial charge in [0.2, 0.25) is 0 Å². The van der Waals surface area contributed by atoms with Gasteiger partial charge in [0, 0.05) is 15.0 Å². The van der Waals surface area contributed by atoms with Crippen LogP contribution >= 0.6 is 34.4 Å². The first-order chi connectivity index (χ1) is 12.7. The number of hydrogen-bond acceptors (Lipinski definition) is 6. The van der Waals surface area contributed by atoms with Crippen molar-refractivity contribution in [3.8, 4) is 0 Å². The van der Waals surface area contributed by atoms with Crippen LogP contribution in [0.15, 0.2) is 28.5 Å². The molecule has 1 aliphatic carbocycles. The van der Waals surface area contributed by atoms with Crippen LogP contribution < -0.4 is 11.1 Å². The number of nitrogens with zero attached hydrogens (tertiary/aromatic N) is 4. The minimum atomic E-state index is 0.438. The molecule has 3 N–H and O–H groups in total. The van der Waals surface area contributed by atoms with Crippen LogP contribution in [-0.2, 0) is 19.4 Å². The molecule has 0 bridgehead atoms.